The van der Waals surface area contributed by atoms with Crippen molar-refractivity contribution >= 4 is 35.2 Å². The molecule has 0 aliphatic heterocycles. The molecule has 1 unspecified atom stereocenters. The highest BCUT2D eigenvalue weighted by molar-refractivity contribution is 6.04. The molecule has 0 saturated carbocycles. The number of primary amides is 1. The van der Waals surface area contributed by atoms with Gasteiger partial charge in [0, 0.05) is 19.0 Å². The Bertz CT molecular complexity index is 748. The normalized spacial score (nSPS) is 11.4. The minimum absolute atomic E-state index is 0.135. The number of anilines is 1. The van der Waals surface area contributed by atoms with Crippen molar-refractivity contribution in [1.29, 1.82) is 0 Å². The van der Waals surface area contributed by atoms with Crippen molar-refractivity contribution in [2.24, 2.45) is 5.73 Å². The summed E-state index contributed by atoms with van der Waals surface area (Å²) < 4.78 is 0. The van der Waals surface area contributed by atoms with Crippen molar-refractivity contribution in [3.8, 4) is 0 Å². The van der Waals surface area contributed by atoms with Gasteiger partial charge in [0.25, 0.3) is 11.6 Å². The van der Waals surface area contributed by atoms with Gasteiger partial charge in [-0.1, -0.05) is 0 Å². The lowest BCUT2D eigenvalue weighted by molar-refractivity contribution is -0.384. The Morgan fingerprint density at radius 3 is 2.23 bits per heavy atom. The van der Waals surface area contributed by atoms with Crippen LogP contribution in [0.25, 0.3) is 0 Å². The first-order chi connectivity index (χ1) is 12.1. The fourth-order valence-electron chi connectivity index (χ4n) is 2.24. The van der Waals surface area contributed by atoms with Crippen LogP contribution in [0.15, 0.2) is 18.2 Å². The smallest absolute Gasteiger partial charge is 0.336 e. The molecular weight excluding hydrogens is 354 g/mol. The maximum Gasteiger partial charge on any atom is 0.336 e. The van der Waals surface area contributed by atoms with Crippen molar-refractivity contribution in [2.45, 2.75) is 18.9 Å². The number of nitro benzene ring substituents is 1. The summed E-state index contributed by atoms with van der Waals surface area (Å²) in [6, 6.07) is 0.677. The third kappa shape index (κ3) is 4.90. The maximum atomic E-state index is 11.5. The van der Waals surface area contributed by atoms with Crippen LogP contribution in [0.1, 0.15) is 23.2 Å². The van der Waals surface area contributed by atoms with Gasteiger partial charge < -0.3 is 26.0 Å². The summed E-state index contributed by atoms with van der Waals surface area (Å²) in [5, 5.41) is 38.1. The minimum atomic E-state index is -2.00. The molecule has 140 valence electrons. The molecule has 0 radical (unpaired) electrons. The van der Waals surface area contributed by atoms with Crippen LogP contribution in [0.3, 0.4) is 0 Å². The number of aliphatic carboxylic acids is 2. The van der Waals surface area contributed by atoms with Crippen LogP contribution >= 0.6 is 0 Å². The predicted molar refractivity (Wildman–Crippen MR) is 84.9 cm³/mol. The first-order valence-electron chi connectivity index (χ1n) is 7.08. The molecule has 0 fully saturated rings. The summed E-state index contributed by atoms with van der Waals surface area (Å²) >= 11 is 0. The van der Waals surface area contributed by atoms with E-state index in [4.69, 9.17) is 15.9 Å². The van der Waals surface area contributed by atoms with E-state index in [1.54, 1.807) is 0 Å². The lowest BCUT2D eigenvalue weighted by atomic mass is 10.1. The molecule has 0 aromatic heterocycles. The Labute approximate surface area is 145 Å². The highest BCUT2D eigenvalue weighted by atomic mass is 16.6. The van der Waals surface area contributed by atoms with Gasteiger partial charge in [-0.25, -0.2) is 9.59 Å². The van der Waals surface area contributed by atoms with Crippen LogP contribution in [0.5, 0.6) is 0 Å². The van der Waals surface area contributed by atoms with E-state index in [-0.39, 0.29) is 25.1 Å². The van der Waals surface area contributed by atoms with E-state index in [2.05, 4.69) is 0 Å². The molecule has 5 N–H and O–H groups in total. The summed E-state index contributed by atoms with van der Waals surface area (Å²) in [5.74, 6) is -5.64. The minimum Gasteiger partial charge on any atom is -0.481 e. The first kappa shape index (κ1) is 20.3. The van der Waals surface area contributed by atoms with Gasteiger partial charge in [-0.05, 0) is 18.6 Å². The number of carboxylic acids is 3. The maximum absolute atomic E-state index is 11.5. The second-order valence-corrected chi connectivity index (χ2v) is 5.10. The molecule has 1 aromatic rings. The summed E-state index contributed by atoms with van der Waals surface area (Å²) in [6.07, 6.45) is -0.521. The zero-order valence-electron chi connectivity index (χ0n) is 13.2. The van der Waals surface area contributed by atoms with Crippen molar-refractivity contribution < 1.29 is 39.4 Å². The van der Waals surface area contributed by atoms with Crippen LogP contribution < -0.4 is 10.6 Å². The number of nitro groups is 1. The molecule has 1 amide bonds. The molecule has 12 nitrogen and oxygen atoms in total. The molecule has 0 bridgehead atoms. The summed E-state index contributed by atoms with van der Waals surface area (Å²) in [5.41, 5.74) is 3.53. The fourth-order valence-corrected chi connectivity index (χ4v) is 2.24. The van der Waals surface area contributed by atoms with Crippen LogP contribution in [0.2, 0.25) is 0 Å². The van der Waals surface area contributed by atoms with Crippen molar-refractivity contribution in [2.75, 3.05) is 11.4 Å². The molecule has 1 atom stereocenters. The fraction of sp³-hybridized carbons (Fsp3) is 0.286. The van der Waals surface area contributed by atoms with Gasteiger partial charge in [-0.2, -0.15) is 0 Å². The lowest BCUT2D eigenvalue weighted by Gasteiger charge is -2.28. The van der Waals surface area contributed by atoms with Crippen LogP contribution in [0, 0.1) is 10.1 Å². The predicted octanol–water partition coefficient (Wildman–Crippen LogP) is -0.0973. The zero-order valence-corrected chi connectivity index (χ0v) is 13.2. The number of carboxylic acid groups (broad SMARTS) is 3. The van der Waals surface area contributed by atoms with Crippen molar-refractivity contribution in [3.05, 3.63) is 33.9 Å². The van der Waals surface area contributed by atoms with Crippen LogP contribution in [-0.4, -0.2) is 56.6 Å². The number of hydrogen-bond donors (Lipinski definition) is 4. The van der Waals surface area contributed by atoms with Crippen LogP contribution in [-0.2, 0) is 14.4 Å². The molecule has 1 aromatic carbocycles. The Balaban J connectivity index is 3.46. The third-order valence-electron chi connectivity index (χ3n) is 3.33. The summed E-state index contributed by atoms with van der Waals surface area (Å²) in [7, 11) is 0. The summed E-state index contributed by atoms with van der Waals surface area (Å²) in [4.78, 5) is 55.7. The number of nitrogens with two attached hydrogens (primary N) is 1. The Hall–Kier alpha value is -3.70. The first-order valence-corrected chi connectivity index (χ1v) is 7.08. The standard InChI is InChI=1S/C14H15N3O9/c15-12(20)11(14(23)24)16(5-1-2-10(18)19)8-4-3-7(13(21)22)6-9(8)17(25)26/h3-4,6,11H,1-2,5H2,(H2,15,20)(H,18,19)(H,21,22)(H,23,24). The number of amides is 1. The van der Waals surface area contributed by atoms with E-state index in [1.165, 1.54) is 0 Å². The molecule has 0 spiro atoms. The van der Waals surface area contributed by atoms with E-state index < -0.39 is 46.0 Å². The third-order valence-corrected chi connectivity index (χ3v) is 3.33. The van der Waals surface area contributed by atoms with Gasteiger partial charge in [-0.3, -0.25) is 19.7 Å². The van der Waals surface area contributed by atoms with Gasteiger partial charge in [-0.15, -0.1) is 0 Å². The number of rotatable bonds is 10. The second kappa shape index (κ2) is 8.41. The number of nitrogens with zero attached hydrogens (tertiary/aromatic N) is 2. The molecule has 12 heteroatoms. The van der Waals surface area contributed by atoms with Gasteiger partial charge in [0.15, 0.2) is 0 Å². The molecule has 0 aliphatic rings. The zero-order chi connectivity index (χ0) is 20.0. The molecular formula is C14H15N3O9. The van der Waals surface area contributed by atoms with E-state index in [9.17, 15) is 34.4 Å². The number of benzene rings is 1. The highest BCUT2D eigenvalue weighted by Crippen LogP contribution is 2.31. The molecule has 26 heavy (non-hydrogen) atoms. The molecule has 0 heterocycles. The Kier molecular flexibility index (Phi) is 6.58. The molecule has 0 aliphatic carbocycles. The Morgan fingerprint density at radius 2 is 1.81 bits per heavy atom. The number of aromatic carboxylic acids is 1. The van der Waals surface area contributed by atoms with E-state index in [0.29, 0.717) is 6.07 Å². The topological polar surface area (TPSA) is 201 Å². The number of carbonyl (C=O) groups excluding carboxylic acids is 1. The average Bonchev–Trinajstić information content (AvgIpc) is 2.52. The quantitative estimate of drug-likeness (QED) is 0.245. The van der Waals surface area contributed by atoms with Gasteiger partial charge in [0.2, 0.25) is 6.04 Å². The van der Waals surface area contributed by atoms with Gasteiger partial charge >= 0.3 is 17.9 Å². The van der Waals surface area contributed by atoms with Crippen molar-refractivity contribution in [1.82, 2.24) is 0 Å². The van der Waals surface area contributed by atoms with E-state index in [1.807, 2.05) is 0 Å². The highest BCUT2D eigenvalue weighted by Gasteiger charge is 2.35. The van der Waals surface area contributed by atoms with Crippen LogP contribution in [0.4, 0.5) is 11.4 Å². The Morgan fingerprint density at radius 1 is 1.19 bits per heavy atom. The van der Waals surface area contributed by atoms with Crippen molar-refractivity contribution in [3.63, 3.8) is 0 Å². The lowest BCUT2D eigenvalue weighted by Crippen LogP contribution is -2.50. The SMILES string of the molecule is NC(=O)C(C(=O)O)N(CCCC(=O)O)c1ccc(C(=O)O)cc1[N+](=O)[O-]. The molecule has 1 rings (SSSR count). The van der Waals surface area contributed by atoms with E-state index in [0.717, 1.165) is 17.0 Å². The van der Waals surface area contributed by atoms with E-state index >= 15 is 0 Å². The average molecular weight is 369 g/mol. The van der Waals surface area contributed by atoms with Gasteiger partial charge in [0.1, 0.15) is 5.69 Å². The largest absolute Gasteiger partial charge is 0.481 e. The number of hydrogen-bond acceptors (Lipinski definition) is 7. The molecule has 0 saturated heterocycles. The van der Waals surface area contributed by atoms with Gasteiger partial charge in [0.05, 0.1) is 10.5 Å². The number of carbonyl (C=O) groups is 4. The second-order valence-electron chi connectivity index (χ2n) is 5.10. The monoisotopic (exact) mass is 369 g/mol. The summed E-state index contributed by atoms with van der Waals surface area (Å²) in [6.45, 7) is -0.348.